The largest absolute Gasteiger partial charge is 0.382 e. The van der Waals surface area contributed by atoms with E-state index in [0.29, 0.717) is 31.3 Å². The van der Waals surface area contributed by atoms with Crippen LogP contribution in [0.25, 0.3) is 0 Å². The van der Waals surface area contributed by atoms with Crippen molar-refractivity contribution in [3.8, 4) is 0 Å². The predicted octanol–water partition coefficient (Wildman–Crippen LogP) is 2.60. The highest BCUT2D eigenvalue weighted by Gasteiger charge is 2.27. The lowest BCUT2D eigenvalue weighted by molar-refractivity contribution is -0.132. The fourth-order valence-corrected chi connectivity index (χ4v) is 4.06. The molecule has 0 bridgehead atoms. The molecule has 0 saturated carbocycles. The van der Waals surface area contributed by atoms with E-state index in [1.807, 2.05) is 47.4 Å². The van der Waals surface area contributed by atoms with Crippen LogP contribution in [-0.2, 0) is 9.59 Å². The number of amides is 2. The minimum absolute atomic E-state index is 0.00238. The fraction of sp³-hybridized carbons (Fsp3) is 0.375. The van der Waals surface area contributed by atoms with Gasteiger partial charge in [-0.1, -0.05) is 48.5 Å². The van der Waals surface area contributed by atoms with E-state index < -0.39 is 0 Å². The number of carbonyl (C=O) groups excluding carboxylic acids is 2. The molecule has 2 amide bonds. The van der Waals surface area contributed by atoms with Gasteiger partial charge in [0, 0.05) is 31.2 Å². The molecule has 0 aromatic heterocycles. The van der Waals surface area contributed by atoms with Crippen LogP contribution in [0, 0.1) is 6.92 Å². The number of likely N-dealkylation sites (tertiary alicyclic amines) is 1. The van der Waals surface area contributed by atoms with Crippen molar-refractivity contribution in [1.82, 2.24) is 15.6 Å². The van der Waals surface area contributed by atoms with Crippen LogP contribution in [0.5, 0.6) is 0 Å². The van der Waals surface area contributed by atoms with Crippen molar-refractivity contribution in [1.29, 1.82) is 0 Å². The van der Waals surface area contributed by atoms with Crippen LogP contribution in [0.15, 0.2) is 59.7 Å². The van der Waals surface area contributed by atoms with Crippen molar-refractivity contribution in [2.45, 2.75) is 38.3 Å². The Morgan fingerprint density at radius 3 is 2.52 bits per heavy atom. The van der Waals surface area contributed by atoms with Gasteiger partial charge in [-0.05, 0) is 37.0 Å². The predicted molar refractivity (Wildman–Crippen MR) is 122 cm³/mol. The summed E-state index contributed by atoms with van der Waals surface area (Å²) in [7, 11) is 0. The van der Waals surface area contributed by atoms with Gasteiger partial charge in [-0.2, -0.15) is 5.10 Å². The lowest BCUT2D eigenvalue weighted by Gasteiger charge is -2.33. The molecule has 2 aliphatic rings. The van der Waals surface area contributed by atoms with Crippen molar-refractivity contribution in [3.63, 3.8) is 0 Å². The summed E-state index contributed by atoms with van der Waals surface area (Å²) in [6.07, 6.45) is 2.30. The third-order valence-electron chi connectivity index (χ3n) is 5.97. The van der Waals surface area contributed by atoms with Crippen LogP contribution < -0.4 is 16.1 Å². The fourth-order valence-electron chi connectivity index (χ4n) is 4.06. The van der Waals surface area contributed by atoms with Crippen LogP contribution in [0.3, 0.4) is 0 Å². The third-order valence-corrected chi connectivity index (χ3v) is 5.97. The number of carbonyl (C=O) groups is 2. The van der Waals surface area contributed by atoms with Gasteiger partial charge < -0.3 is 21.0 Å². The molecule has 4 rings (SSSR count). The van der Waals surface area contributed by atoms with Gasteiger partial charge in [0.15, 0.2) is 0 Å². The van der Waals surface area contributed by atoms with Gasteiger partial charge in [0.25, 0.3) is 5.91 Å². The number of nitrogens with zero attached hydrogens (tertiary/aromatic N) is 2. The van der Waals surface area contributed by atoms with Crippen LogP contribution in [0.2, 0.25) is 0 Å². The maximum Gasteiger partial charge on any atom is 0.267 e. The summed E-state index contributed by atoms with van der Waals surface area (Å²) in [4.78, 5) is 26.8. The number of aryl methyl sites for hydroxylation is 1. The quantitative estimate of drug-likeness (QED) is 0.672. The molecule has 1 unspecified atom stereocenters. The van der Waals surface area contributed by atoms with Gasteiger partial charge in [-0.3, -0.25) is 9.59 Å². The van der Waals surface area contributed by atoms with E-state index in [9.17, 15) is 9.59 Å². The molecular formula is C24H29N5O2. The highest BCUT2D eigenvalue weighted by molar-refractivity contribution is 6.39. The zero-order valence-corrected chi connectivity index (χ0v) is 17.8. The monoisotopic (exact) mass is 419 g/mol. The van der Waals surface area contributed by atoms with Crippen LogP contribution in [-0.4, -0.2) is 48.1 Å². The molecule has 0 spiro atoms. The van der Waals surface area contributed by atoms with Crippen molar-refractivity contribution in [2.75, 3.05) is 25.0 Å². The summed E-state index contributed by atoms with van der Waals surface area (Å²) in [6, 6.07) is 18.5. The summed E-state index contributed by atoms with van der Waals surface area (Å²) in [6.45, 7) is 3.48. The number of piperidine rings is 1. The summed E-state index contributed by atoms with van der Waals surface area (Å²) >= 11 is 0. The Morgan fingerprint density at radius 2 is 1.77 bits per heavy atom. The standard InChI is InChI=1S/C24H29N5O2/c1-17-7-5-6-10-20(17)26-19-11-13-29(14-12-19)23(30)16-25-24(31)22-15-21(27-28-22)18-8-3-2-4-9-18/h2-10,19,21,26-27H,11-16H2,1H3,(H,25,31). The molecule has 2 aromatic carbocycles. The number of hydrazone groups is 1. The number of hydrogen-bond acceptors (Lipinski definition) is 5. The van der Waals surface area contributed by atoms with Crippen molar-refractivity contribution < 1.29 is 9.59 Å². The molecule has 2 aliphatic heterocycles. The normalized spacial score (nSPS) is 18.8. The lowest BCUT2D eigenvalue weighted by atomic mass is 10.0. The van der Waals surface area contributed by atoms with Crippen molar-refractivity contribution in [2.24, 2.45) is 5.10 Å². The number of nitrogens with one attached hydrogen (secondary N) is 3. The SMILES string of the molecule is Cc1ccccc1NC1CCN(C(=O)CNC(=O)C2=NNC(c3ccccc3)C2)CC1. The Balaban J connectivity index is 1.19. The molecule has 3 N–H and O–H groups in total. The van der Waals surface area contributed by atoms with E-state index in [2.05, 4.69) is 40.2 Å². The topological polar surface area (TPSA) is 85.8 Å². The molecule has 2 heterocycles. The average molecular weight is 420 g/mol. The van der Waals surface area contributed by atoms with Crippen LogP contribution in [0.1, 0.15) is 36.4 Å². The highest BCUT2D eigenvalue weighted by Crippen LogP contribution is 2.22. The van der Waals surface area contributed by atoms with Gasteiger partial charge in [-0.25, -0.2) is 0 Å². The molecular weight excluding hydrogens is 390 g/mol. The maximum atomic E-state index is 12.6. The summed E-state index contributed by atoms with van der Waals surface area (Å²) in [5, 5.41) is 10.5. The lowest BCUT2D eigenvalue weighted by Crippen LogP contribution is -2.47. The zero-order chi connectivity index (χ0) is 21.6. The molecule has 7 heteroatoms. The van der Waals surface area contributed by atoms with E-state index >= 15 is 0 Å². The van der Waals surface area contributed by atoms with Gasteiger partial charge in [0.2, 0.25) is 5.91 Å². The average Bonchev–Trinajstić information content (AvgIpc) is 3.30. The molecule has 162 valence electrons. The van der Waals surface area contributed by atoms with Crippen LogP contribution in [0.4, 0.5) is 5.69 Å². The van der Waals surface area contributed by atoms with Gasteiger partial charge >= 0.3 is 0 Å². The molecule has 1 atom stereocenters. The van der Waals surface area contributed by atoms with E-state index in [0.717, 1.165) is 24.1 Å². The Labute approximate surface area is 182 Å². The number of benzene rings is 2. The maximum absolute atomic E-state index is 12.6. The number of anilines is 1. The van der Waals surface area contributed by atoms with Gasteiger partial charge in [-0.15, -0.1) is 0 Å². The first-order valence-corrected chi connectivity index (χ1v) is 10.9. The number of para-hydroxylation sites is 1. The molecule has 1 fully saturated rings. The Hall–Kier alpha value is -3.35. The molecule has 31 heavy (non-hydrogen) atoms. The minimum atomic E-state index is -0.282. The second-order valence-corrected chi connectivity index (χ2v) is 8.15. The molecule has 0 radical (unpaired) electrons. The molecule has 7 nitrogen and oxygen atoms in total. The Kier molecular flexibility index (Phi) is 6.50. The molecule has 0 aliphatic carbocycles. The molecule has 1 saturated heterocycles. The first-order valence-electron chi connectivity index (χ1n) is 10.9. The zero-order valence-electron chi connectivity index (χ0n) is 17.8. The summed E-state index contributed by atoms with van der Waals surface area (Å²) in [5.74, 6) is -0.329. The minimum Gasteiger partial charge on any atom is -0.382 e. The second-order valence-electron chi connectivity index (χ2n) is 8.15. The first kappa shape index (κ1) is 20.9. The summed E-state index contributed by atoms with van der Waals surface area (Å²) < 4.78 is 0. The Bertz CT molecular complexity index is 951. The van der Waals surface area contributed by atoms with Gasteiger partial charge in [0.1, 0.15) is 5.71 Å². The van der Waals surface area contributed by atoms with Crippen LogP contribution >= 0.6 is 0 Å². The Morgan fingerprint density at radius 1 is 1.06 bits per heavy atom. The third kappa shape index (κ3) is 5.23. The van der Waals surface area contributed by atoms with Crippen molar-refractivity contribution in [3.05, 3.63) is 65.7 Å². The van der Waals surface area contributed by atoms with Crippen molar-refractivity contribution >= 4 is 23.2 Å². The van der Waals surface area contributed by atoms with E-state index in [-0.39, 0.29) is 24.4 Å². The van der Waals surface area contributed by atoms with E-state index in [4.69, 9.17) is 0 Å². The first-order chi connectivity index (χ1) is 15.1. The summed E-state index contributed by atoms with van der Waals surface area (Å²) in [5.41, 5.74) is 6.91. The highest BCUT2D eigenvalue weighted by atomic mass is 16.2. The van der Waals surface area contributed by atoms with Gasteiger partial charge in [0.05, 0.1) is 12.6 Å². The van der Waals surface area contributed by atoms with E-state index in [1.54, 1.807) is 0 Å². The molecule has 2 aromatic rings. The number of rotatable bonds is 6. The van der Waals surface area contributed by atoms with E-state index in [1.165, 1.54) is 5.56 Å². The second kappa shape index (κ2) is 9.64. The smallest absolute Gasteiger partial charge is 0.267 e. The number of hydrogen-bond donors (Lipinski definition) is 3.